The number of hydrogen-bond donors (Lipinski definition) is 1. The maximum Gasteiger partial charge on any atom is 0.258 e. The molecule has 1 aromatic heterocycles. The topological polar surface area (TPSA) is 42.0 Å². The molecule has 3 rings (SSSR count). The predicted octanol–water partition coefficient (Wildman–Crippen LogP) is 4.34. The minimum Gasteiger partial charge on any atom is -0.298 e. The fraction of sp³-hybridized carbons (Fsp3) is 0.286. The second kappa shape index (κ2) is 5.06. The number of halogens is 1. The highest BCUT2D eigenvalue weighted by molar-refractivity contribution is 9.10. The minimum absolute atomic E-state index is 0.118. The number of aromatic nitrogens is 1. The van der Waals surface area contributed by atoms with Crippen LogP contribution in [0.3, 0.4) is 0 Å². The van der Waals surface area contributed by atoms with Crippen LogP contribution in [0.5, 0.6) is 0 Å². The Balaban J connectivity index is 1.77. The van der Waals surface area contributed by atoms with Crippen molar-refractivity contribution >= 4 is 38.3 Å². The molecule has 1 heterocycles. The molecule has 1 aliphatic rings. The summed E-state index contributed by atoms with van der Waals surface area (Å²) in [5, 5.41) is 5.59. The quantitative estimate of drug-likeness (QED) is 0.905. The number of nitrogens with zero attached hydrogens (tertiary/aromatic N) is 1. The second-order valence-corrected chi connectivity index (χ2v) is 6.50. The van der Waals surface area contributed by atoms with Crippen molar-refractivity contribution in [2.45, 2.75) is 25.7 Å². The van der Waals surface area contributed by atoms with Gasteiger partial charge in [-0.15, -0.1) is 11.3 Å². The highest BCUT2D eigenvalue weighted by atomic mass is 79.9. The molecule has 1 saturated carbocycles. The molecule has 1 amide bonds. The van der Waals surface area contributed by atoms with Crippen LogP contribution < -0.4 is 5.32 Å². The molecule has 1 fully saturated rings. The van der Waals surface area contributed by atoms with Gasteiger partial charge in [0.15, 0.2) is 5.13 Å². The van der Waals surface area contributed by atoms with Crippen LogP contribution in [0.15, 0.2) is 28.1 Å². The SMILES string of the molecule is Cc1ccc(Br)c(C(=O)Nc2nc(C3CC3)cs2)c1. The van der Waals surface area contributed by atoms with Crippen LogP contribution in [0, 0.1) is 6.92 Å². The van der Waals surface area contributed by atoms with E-state index < -0.39 is 0 Å². The lowest BCUT2D eigenvalue weighted by Gasteiger charge is -2.05. The average Bonchev–Trinajstić information content (AvgIpc) is 3.13. The third kappa shape index (κ3) is 2.87. The van der Waals surface area contributed by atoms with Crippen LogP contribution in [-0.4, -0.2) is 10.9 Å². The first-order valence-electron chi connectivity index (χ1n) is 6.16. The predicted molar refractivity (Wildman–Crippen MR) is 80.9 cm³/mol. The van der Waals surface area contributed by atoms with E-state index in [2.05, 4.69) is 26.2 Å². The third-order valence-corrected chi connectivity index (χ3v) is 4.57. The number of hydrogen-bond acceptors (Lipinski definition) is 3. The van der Waals surface area contributed by atoms with Gasteiger partial charge in [0.1, 0.15) is 0 Å². The number of benzene rings is 1. The Morgan fingerprint density at radius 3 is 3.00 bits per heavy atom. The molecule has 1 aliphatic carbocycles. The van der Waals surface area contributed by atoms with Crippen molar-refractivity contribution in [1.29, 1.82) is 0 Å². The van der Waals surface area contributed by atoms with Gasteiger partial charge in [-0.05, 0) is 47.8 Å². The smallest absolute Gasteiger partial charge is 0.258 e. The molecular formula is C14H13BrN2OS. The van der Waals surface area contributed by atoms with E-state index in [9.17, 15) is 4.79 Å². The number of carbonyl (C=O) groups is 1. The average molecular weight is 337 g/mol. The molecule has 1 N–H and O–H groups in total. The Morgan fingerprint density at radius 2 is 2.26 bits per heavy atom. The van der Waals surface area contributed by atoms with E-state index in [0.717, 1.165) is 15.7 Å². The molecule has 0 saturated heterocycles. The van der Waals surface area contributed by atoms with Gasteiger partial charge in [-0.25, -0.2) is 4.98 Å². The van der Waals surface area contributed by atoms with Crippen LogP contribution >= 0.6 is 27.3 Å². The number of amides is 1. The van der Waals surface area contributed by atoms with E-state index in [0.29, 0.717) is 16.6 Å². The van der Waals surface area contributed by atoms with Crippen LogP contribution in [0.4, 0.5) is 5.13 Å². The van der Waals surface area contributed by atoms with E-state index in [1.165, 1.54) is 24.2 Å². The molecular weight excluding hydrogens is 324 g/mol. The van der Waals surface area contributed by atoms with Crippen molar-refractivity contribution in [2.24, 2.45) is 0 Å². The van der Waals surface area contributed by atoms with Gasteiger partial charge in [0.2, 0.25) is 0 Å². The lowest BCUT2D eigenvalue weighted by Crippen LogP contribution is -2.12. The summed E-state index contributed by atoms with van der Waals surface area (Å²) in [6, 6.07) is 5.73. The monoisotopic (exact) mass is 336 g/mol. The summed E-state index contributed by atoms with van der Waals surface area (Å²) < 4.78 is 0.801. The number of carbonyl (C=O) groups excluding carboxylic acids is 1. The molecule has 19 heavy (non-hydrogen) atoms. The summed E-state index contributed by atoms with van der Waals surface area (Å²) >= 11 is 4.90. The van der Waals surface area contributed by atoms with E-state index >= 15 is 0 Å². The standard InChI is InChI=1S/C14H13BrN2OS/c1-8-2-5-11(15)10(6-8)13(18)17-14-16-12(7-19-14)9-3-4-9/h2,5-7,9H,3-4H2,1H3,(H,16,17,18). The Hall–Kier alpha value is -1.20. The largest absolute Gasteiger partial charge is 0.298 e. The van der Waals surface area contributed by atoms with Gasteiger partial charge in [0, 0.05) is 15.8 Å². The van der Waals surface area contributed by atoms with Crippen LogP contribution in [0.1, 0.15) is 40.4 Å². The molecule has 3 nitrogen and oxygen atoms in total. The number of rotatable bonds is 3. The summed E-state index contributed by atoms with van der Waals surface area (Å²) in [4.78, 5) is 16.7. The first-order chi connectivity index (χ1) is 9.13. The molecule has 0 aliphatic heterocycles. The van der Waals surface area contributed by atoms with Crippen molar-refractivity contribution < 1.29 is 4.79 Å². The van der Waals surface area contributed by atoms with E-state index in [-0.39, 0.29) is 5.91 Å². The van der Waals surface area contributed by atoms with Crippen molar-refractivity contribution in [1.82, 2.24) is 4.98 Å². The van der Waals surface area contributed by atoms with Crippen LogP contribution in [0.2, 0.25) is 0 Å². The number of aryl methyl sites for hydroxylation is 1. The van der Waals surface area contributed by atoms with E-state index in [1.807, 2.05) is 30.5 Å². The minimum atomic E-state index is -0.118. The lowest BCUT2D eigenvalue weighted by atomic mass is 10.1. The summed E-state index contributed by atoms with van der Waals surface area (Å²) in [5.74, 6) is 0.500. The fourth-order valence-corrected chi connectivity index (χ4v) is 3.10. The zero-order chi connectivity index (χ0) is 13.4. The zero-order valence-corrected chi connectivity index (χ0v) is 12.8. The summed E-state index contributed by atoms with van der Waals surface area (Å²) in [6.07, 6.45) is 2.45. The van der Waals surface area contributed by atoms with Gasteiger partial charge in [0.05, 0.1) is 11.3 Å². The molecule has 1 aromatic carbocycles. The third-order valence-electron chi connectivity index (χ3n) is 3.10. The van der Waals surface area contributed by atoms with Crippen molar-refractivity contribution in [3.05, 3.63) is 44.9 Å². The van der Waals surface area contributed by atoms with Crippen molar-refractivity contribution in [2.75, 3.05) is 5.32 Å². The summed E-state index contributed by atoms with van der Waals surface area (Å²) in [5.41, 5.74) is 2.82. The van der Waals surface area contributed by atoms with Gasteiger partial charge in [-0.3, -0.25) is 10.1 Å². The molecule has 98 valence electrons. The van der Waals surface area contributed by atoms with E-state index in [1.54, 1.807) is 0 Å². The first kappa shape index (κ1) is 12.8. The number of thiazole rings is 1. The molecule has 0 atom stereocenters. The lowest BCUT2D eigenvalue weighted by molar-refractivity contribution is 0.102. The zero-order valence-electron chi connectivity index (χ0n) is 10.4. The molecule has 5 heteroatoms. The van der Waals surface area contributed by atoms with E-state index in [4.69, 9.17) is 0 Å². The summed E-state index contributed by atoms with van der Waals surface area (Å²) in [6.45, 7) is 1.97. The van der Waals surface area contributed by atoms with Crippen molar-refractivity contribution in [3.8, 4) is 0 Å². The highest BCUT2D eigenvalue weighted by Crippen LogP contribution is 2.40. The van der Waals surface area contributed by atoms with Gasteiger partial charge < -0.3 is 0 Å². The Morgan fingerprint density at radius 1 is 1.47 bits per heavy atom. The Kier molecular flexibility index (Phi) is 3.41. The second-order valence-electron chi connectivity index (χ2n) is 4.79. The van der Waals surface area contributed by atoms with Gasteiger partial charge >= 0.3 is 0 Å². The van der Waals surface area contributed by atoms with Crippen molar-refractivity contribution in [3.63, 3.8) is 0 Å². The van der Waals surface area contributed by atoms with Gasteiger partial charge in [0.25, 0.3) is 5.91 Å². The molecule has 2 aromatic rings. The Bertz CT molecular complexity index is 634. The highest BCUT2D eigenvalue weighted by Gasteiger charge is 2.26. The fourth-order valence-electron chi connectivity index (χ4n) is 1.89. The molecule has 0 radical (unpaired) electrons. The molecule has 0 spiro atoms. The van der Waals surface area contributed by atoms with Crippen LogP contribution in [0.25, 0.3) is 0 Å². The van der Waals surface area contributed by atoms with Gasteiger partial charge in [-0.2, -0.15) is 0 Å². The maximum absolute atomic E-state index is 12.2. The maximum atomic E-state index is 12.2. The van der Waals surface area contributed by atoms with Gasteiger partial charge in [-0.1, -0.05) is 11.6 Å². The number of anilines is 1. The normalized spacial score (nSPS) is 14.4. The molecule has 0 bridgehead atoms. The summed E-state index contributed by atoms with van der Waals surface area (Å²) in [7, 11) is 0. The first-order valence-corrected chi connectivity index (χ1v) is 7.83. The Labute approximate surface area is 124 Å². The molecule has 0 unspecified atom stereocenters. The van der Waals surface area contributed by atoms with Crippen LogP contribution in [-0.2, 0) is 0 Å². The number of nitrogens with one attached hydrogen (secondary N) is 1.